The first-order valence-electron chi connectivity index (χ1n) is 6.83. The van der Waals surface area contributed by atoms with Gasteiger partial charge in [-0.15, -0.1) is 0 Å². The lowest BCUT2D eigenvalue weighted by molar-refractivity contribution is 0.0816. The molecular weight excluding hydrogens is 188 g/mol. The van der Waals surface area contributed by atoms with E-state index in [1.54, 1.807) is 7.05 Å². The number of hydrogen-bond acceptors (Lipinski definition) is 2. The maximum atomic E-state index is 12.5. The summed E-state index contributed by atoms with van der Waals surface area (Å²) in [7, 11) is 1.64. The molecule has 0 N–H and O–H groups in total. The molecule has 1 aliphatic carbocycles. The smallest absolute Gasteiger partial charge is 0.189 e. The number of ketones is 1. The third-order valence-electron chi connectivity index (χ3n) is 3.30. The molecule has 1 aromatic rings. The number of carbonyl (C=O) groups excluding carboxylic acids is 1. The first-order valence-corrected chi connectivity index (χ1v) is 5.33. The van der Waals surface area contributed by atoms with Crippen molar-refractivity contribution in [3.8, 4) is 0 Å². The van der Waals surface area contributed by atoms with Gasteiger partial charge in [-0.25, -0.2) is 0 Å². The molecule has 0 unspecified atom stereocenters. The van der Waals surface area contributed by atoms with E-state index in [1.165, 1.54) is 10.9 Å². The molecule has 1 saturated carbocycles. The van der Waals surface area contributed by atoms with Gasteiger partial charge >= 0.3 is 0 Å². The van der Waals surface area contributed by atoms with E-state index in [9.17, 15) is 4.79 Å². The zero-order chi connectivity index (χ0) is 13.6. The second-order valence-electron chi connectivity index (χ2n) is 4.66. The minimum atomic E-state index is -2.28. The molecular formula is C12H18N2O. The van der Waals surface area contributed by atoms with Crippen LogP contribution in [0, 0.1) is 12.3 Å². The van der Waals surface area contributed by atoms with Crippen LogP contribution in [0.2, 0.25) is 0 Å². The van der Waals surface area contributed by atoms with Crippen LogP contribution in [-0.2, 0) is 7.05 Å². The van der Waals surface area contributed by atoms with E-state index < -0.39 is 12.3 Å². The molecule has 3 nitrogen and oxygen atoms in total. The molecule has 1 fully saturated rings. The SMILES string of the molecule is [2H]C([2H])([2H])c1cn(C)nc1C(=O)C1(C)CCCC1. The summed E-state index contributed by atoms with van der Waals surface area (Å²) < 4.78 is 23.9. The molecule has 0 aromatic carbocycles. The highest BCUT2D eigenvalue weighted by molar-refractivity contribution is 5.99. The third-order valence-corrected chi connectivity index (χ3v) is 3.30. The van der Waals surface area contributed by atoms with E-state index in [2.05, 4.69) is 5.10 Å². The summed E-state index contributed by atoms with van der Waals surface area (Å²) in [5.41, 5.74) is -0.237. The van der Waals surface area contributed by atoms with Gasteiger partial charge < -0.3 is 0 Å². The summed E-state index contributed by atoms with van der Waals surface area (Å²) in [6.45, 7) is -0.367. The Hall–Kier alpha value is -1.12. The molecule has 2 rings (SSSR count). The fraction of sp³-hybridized carbons (Fsp3) is 0.667. The highest BCUT2D eigenvalue weighted by Gasteiger charge is 2.38. The predicted molar refractivity (Wildman–Crippen MR) is 58.9 cm³/mol. The zero-order valence-electron chi connectivity index (χ0n) is 12.2. The molecule has 3 heteroatoms. The monoisotopic (exact) mass is 209 g/mol. The van der Waals surface area contributed by atoms with E-state index in [1.807, 2.05) is 6.92 Å². The highest BCUT2D eigenvalue weighted by Crippen LogP contribution is 2.40. The van der Waals surface area contributed by atoms with Crippen LogP contribution in [0.1, 0.15) is 52.8 Å². The average molecular weight is 209 g/mol. The molecule has 0 atom stereocenters. The van der Waals surface area contributed by atoms with Crippen LogP contribution in [0.5, 0.6) is 0 Å². The van der Waals surface area contributed by atoms with Crippen molar-refractivity contribution in [2.75, 3.05) is 0 Å². The Bertz CT molecular complexity index is 470. The average Bonchev–Trinajstić information content (AvgIpc) is 2.83. The molecule has 0 saturated heterocycles. The number of carbonyl (C=O) groups is 1. The molecule has 1 heterocycles. The summed E-state index contributed by atoms with van der Waals surface area (Å²) in [4.78, 5) is 12.5. The van der Waals surface area contributed by atoms with Gasteiger partial charge in [0.25, 0.3) is 0 Å². The molecule has 15 heavy (non-hydrogen) atoms. The van der Waals surface area contributed by atoms with E-state index in [-0.39, 0.29) is 17.0 Å². The van der Waals surface area contributed by atoms with Crippen LogP contribution < -0.4 is 0 Å². The molecule has 82 valence electrons. The van der Waals surface area contributed by atoms with E-state index in [0.717, 1.165) is 25.7 Å². The lowest BCUT2D eigenvalue weighted by Gasteiger charge is -2.20. The Labute approximate surface area is 94.7 Å². The van der Waals surface area contributed by atoms with Gasteiger partial charge in [-0.05, 0) is 25.3 Å². The summed E-state index contributed by atoms with van der Waals surface area (Å²) >= 11 is 0. The van der Waals surface area contributed by atoms with E-state index in [0.29, 0.717) is 0 Å². The van der Waals surface area contributed by atoms with Crippen LogP contribution in [0.15, 0.2) is 6.20 Å². The minimum Gasteiger partial charge on any atom is -0.292 e. The van der Waals surface area contributed by atoms with Crippen molar-refractivity contribution in [1.82, 2.24) is 9.78 Å². The molecule has 1 aliphatic rings. The largest absolute Gasteiger partial charge is 0.292 e. The third kappa shape index (κ3) is 1.71. The van der Waals surface area contributed by atoms with Gasteiger partial charge in [0.1, 0.15) is 5.69 Å². The number of hydrogen-bond donors (Lipinski definition) is 0. The molecule has 0 aliphatic heterocycles. The molecule has 0 spiro atoms. The normalized spacial score (nSPS) is 23.2. The first-order chi connectivity index (χ1) is 8.24. The summed E-state index contributed by atoms with van der Waals surface area (Å²) in [5, 5.41) is 4.07. The molecule has 0 amide bonds. The minimum absolute atomic E-state index is 0.0723. The summed E-state index contributed by atoms with van der Waals surface area (Å²) in [5.74, 6) is -0.119. The summed E-state index contributed by atoms with van der Waals surface area (Å²) in [6, 6.07) is 0. The lowest BCUT2D eigenvalue weighted by Crippen LogP contribution is -2.25. The van der Waals surface area contributed by atoms with Gasteiger partial charge in [-0.3, -0.25) is 9.48 Å². The number of Topliss-reactive ketones (excluding diaryl/α,β-unsaturated/α-hetero) is 1. The number of aromatic nitrogens is 2. The maximum Gasteiger partial charge on any atom is 0.189 e. The van der Waals surface area contributed by atoms with Crippen LogP contribution in [0.25, 0.3) is 0 Å². The van der Waals surface area contributed by atoms with Crippen molar-refractivity contribution in [1.29, 1.82) is 0 Å². The topological polar surface area (TPSA) is 34.9 Å². The van der Waals surface area contributed by atoms with Gasteiger partial charge in [-0.2, -0.15) is 5.10 Å². The quantitative estimate of drug-likeness (QED) is 0.701. The van der Waals surface area contributed by atoms with Gasteiger partial charge in [0, 0.05) is 22.8 Å². The van der Waals surface area contributed by atoms with Crippen molar-refractivity contribution in [2.24, 2.45) is 12.5 Å². The van der Waals surface area contributed by atoms with E-state index >= 15 is 0 Å². The van der Waals surface area contributed by atoms with Crippen molar-refractivity contribution < 1.29 is 8.91 Å². The Morgan fingerprint density at radius 2 is 2.27 bits per heavy atom. The number of nitrogens with zero attached hydrogens (tertiary/aromatic N) is 2. The van der Waals surface area contributed by atoms with Gasteiger partial charge in [0.05, 0.1) is 0 Å². The second-order valence-corrected chi connectivity index (χ2v) is 4.66. The van der Waals surface area contributed by atoms with Crippen molar-refractivity contribution in [3.63, 3.8) is 0 Å². The molecule has 0 radical (unpaired) electrons. The Morgan fingerprint density at radius 1 is 1.60 bits per heavy atom. The van der Waals surface area contributed by atoms with Crippen molar-refractivity contribution >= 4 is 5.78 Å². The Morgan fingerprint density at radius 3 is 2.87 bits per heavy atom. The van der Waals surface area contributed by atoms with Crippen LogP contribution in [0.3, 0.4) is 0 Å². The van der Waals surface area contributed by atoms with Gasteiger partial charge in [0.2, 0.25) is 0 Å². The van der Waals surface area contributed by atoms with E-state index in [4.69, 9.17) is 4.11 Å². The predicted octanol–water partition coefficient (Wildman–Crippen LogP) is 2.49. The molecule has 0 bridgehead atoms. The fourth-order valence-electron chi connectivity index (χ4n) is 2.32. The van der Waals surface area contributed by atoms with Crippen molar-refractivity contribution in [3.05, 3.63) is 17.5 Å². The highest BCUT2D eigenvalue weighted by atomic mass is 16.1. The first kappa shape index (κ1) is 7.20. The standard InChI is InChI=1S/C12H18N2O/c1-9-8-14(3)13-10(9)11(15)12(2)6-4-5-7-12/h8H,4-7H2,1-3H3/i1D3. The molecule has 1 aromatic heterocycles. The van der Waals surface area contributed by atoms with Gasteiger partial charge in [-0.1, -0.05) is 19.8 Å². The van der Waals surface area contributed by atoms with Gasteiger partial charge in [0.15, 0.2) is 5.78 Å². The number of rotatable bonds is 2. The Balaban J connectivity index is 2.42. The van der Waals surface area contributed by atoms with Crippen LogP contribution in [0.4, 0.5) is 0 Å². The lowest BCUT2D eigenvalue weighted by atomic mass is 9.82. The van der Waals surface area contributed by atoms with Crippen LogP contribution >= 0.6 is 0 Å². The zero-order valence-corrected chi connectivity index (χ0v) is 9.21. The second kappa shape index (κ2) is 3.47. The number of aryl methyl sites for hydroxylation is 2. The summed E-state index contributed by atoms with van der Waals surface area (Å²) in [6.07, 6.45) is 5.13. The van der Waals surface area contributed by atoms with Crippen molar-refractivity contribution in [2.45, 2.75) is 39.5 Å². The maximum absolute atomic E-state index is 12.5. The fourth-order valence-corrected chi connectivity index (χ4v) is 2.32. The van der Waals surface area contributed by atoms with Crippen LogP contribution in [-0.4, -0.2) is 15.6 Å². The Kier molecular flexibility index (Phi) is 1.67.